The van der Waals surface area contributed by atoms with E-state index in [0.717, 1.165) is 26.1 Å². The molecule has 0 radical (unpaired) electrons. The number of anilines is 1. The summed E-state index contributed by atoms with van der Waals surface area (Å²) >= 11 is 2.19. The summed E-state index contributed by atoms with van der Waals surface area (Å²) in [5.74, 6) is 0.316. The van der Waals surface area contributed by atoms with Crippen LogP contribution in [0.4, 0.5) is 5.69 Å². The molecule has 0 unspecified atom stereocenters. The minimum atomic E-state index is -0.156. The van der Waals surface area contributed by atoms with Crippen molar-refractivity contribution in [2.24, 2.45) is 0 Å². The maximum Gasteiger partial charge on any atom is 0.266 e. The van der Waals surface area contributed by atoms with Gasteiger partial charge in [-0.1, -0.05) is 36.4 Å². The lowest BCUT2D eigenvalue weighted by molar-refractivity contribution is -0.112. The van der Waals surface area contributed by atoms with Gasteiger partial charge >= 0.3 is 0 Å². The zero-order valence-electron chi connectivity index (χ0n) is 17.0. The summed E-state index contributed by atoms with van der Waals surface area (Å²) in [5.41, 5.74) is 4.36. The Kier molecular flexibility index (Phi) is 4.74. The third kappa shape index (κ3) is 3.18. The van der Waals surface area contributed by atoms with Gasteiger partial charge in [0.1, 0.15) is 5.82 Å². The SMILES string of the molecule is Cc1ccccc1-n1c(/C=C2/C(=O)N(C)c3ccccc32)nc2ccc(I)cc2c1=O. The predicted molar refractivity (Wildman–Crippen MR) is 133 cm³/mol. The molecule has 0 spiro atoms. The molecule has 3 aromatic carbocycles. The summed E-state index contributed by atoms with van der Waals surface area (Å²) in [5, 5.41) is 0.549. The van der Waals surface area contributed by atoms with Crippen molar-refractivity contribution < 1.29 is 4.79 Å². The molecule has 0 fully saturated rings. The highest BCUT2D eigenvalue weighted by molar-refractivity contribution is 14.1. The van der Waals surface area contributed by atoms with Gasteiger partial charge in [0, 0.05) is 16.2 Å². The van der Waals surface area contributed by atoms with E-state index in [1.165, 1.54) is 0 Å². The first-order chi connectivity index (χ1) is 15.0. The predicted octanol–water partition coefficient (Wildman–Crippen LogP) is 4.82. The molecule has 4 aromatic rings. The number of benzene rings is 3. The number of aromatic nitrogens is 2. The van der Waals surface area contributed by atoms with E-state index in [0.29, 0.717) is 22.3 Å². The molecular weight excluding hydrogens is 501 g/mol. The number of carbonyl (C=O) groups excluding carboxylic acids is 1. The molecule has 2 heterocycles. The Morgan fingerprint density at radius 3 is 2.42 bits per heavy atom. The Labute approximate surface area is 192 Å². The van der Waals surface area contributed by atoms with Gasteiger partial charge in [-0.05, 0) is 71.5 Å². The molecule has 1 aliphatic rings. The van der Waals surface area contributed by atoms with E-state index in [1.807, 2.05) is 73.7 Å². The van der Waals surface area contributed by atoms with Gasteiger partial charge in [-0.15, -0.1) is 0 Å². The lowest BCUT2D eigenvalue weighted by atomic mass is 10.1. The van der Waals surface area contributed by atoms with E-state index >= 15 is 0 Å². The Balaban J connectivity index is 1.86. The molecule has 152 valence electrons. The molecule has 1 amide bonds. The number of carbonyl (C=O) groups is 1. The van der Waals surface area contributed by atoms with Crippen LogP contribution in [0.25, 0.3) is 28.2 Å². The van der Waals surface area contributed by atoms with Crippen molar-refractivity contribution in [1.29, 1.82) is 0 Å². The third-order valence-electron chi connectivity index (χ3n) is 5.58. The highest BCUT2D eigenvalue weighted by Gasteiger charge is 2.30. The highest BCUT2D eigenvalue weighted by Crippen LogP contribution is 2.36. The number of halogens is 1. The zero-order valence-corrected chi connectivity index (χ0v) is 19.1. The molecule has 0 saturated carbocycles. The van der Waals surface area contributed by atoms with Gasteiger partial charge in [-0.3, -0.25) is 14.2 Å². The van der Waals surface area contributed by atoms with Crippen LogP contribution in [0.2, 0.25) is 0 Å². The molecule has 6 heteroatoms. The number of likely N-dealkylation sites (N-methyl/N-ethyl adjacent to an activating group) is 1. The number of amides is 1. The number of para-hydroxylation sites is 2. The van der Waals surface area contributed by atoms with Crippen LogP contribution < -0.4 is 10.5 Å². The number of rotatable bonds is 2. The van der Waals surface area contributed by atoms with Crippen LogP contribution in [-0.2, 0) is 4.79 Å². The number of aryl methyl sites for hydroxylation is 1. The first-order valence-corrected chi connectivity index (χ1v) is 10.9. The van der Waals surface area contributed by atoms with Crippen molar-refractivity contribution in [3.63, 3.8) is 0 Å². The number of nitrogens with zero attached hydrogens (tertiary/aromatic N) is 3. The average molecular weight is 519 g/mol. The van der Waals surface area contributed by atoms with Gasteiger partial charge in [0.2, 0.25) is 0 Å². The summed E-state index contributed by atoms with van der Waals surface area (Å²) in [6, 6.07) is 21.0. The Hall–Kier alpha value is -3.26. The molecule has 31 heavy (non-hydrogen) atoms. The van der Waals surface area contributed by atoms with Gasteiger partial charge in [0.25, 0.3) is 11.5 Å². The largest absolute Gasteiger partial charge is 0.311 e. The van der Waals surface area contributed by atoms with Gasteiger partial charge < -0.3 is 4.90 Å². The maximum atomic E-state index is 13.6. The fraction of sp³-hybridized carbons (Fsp3) is 0.0800. The van der Waals surface area contributed by atoms with Crippen LogP contribution in [0, 0.1) is 10.5 Å². The van der Waals surface area contributed by atoms with Gasteiger partial charge in [-0.25, -0.2) is 4.98 Å². The molecule has 1 aromatic heterocycles. The Morgan fingerprint density at radius 1 is 0.935 bits per heavy atom. The van der Waals surface area contributed by atoms with E-state index in [4.69, 9.17) is 4.98 Å². The Morgan fingerprint density at radius 2 is 1.65 bits per heavy atom. The van der Waals surface area contributed by atoms with Crippen molar-refractivity contribution in [2.45, 2.75) is 6.92 Å². The molecule has 0 saturated heterocycles. The molecular formula is C25H18IN3O2. The summed E-state index contributed by atoms with van der Waals surface area (Å²) in [6.45, 7) is 1.96. The van der Waals surface area contributed by atoms with Gasteiger partial charge in [0.15, 0.2) is 0 Å². The second-order valence-electron chi connectivity index (χ2n) is 7.50. The topological polar surface area (TPSA) is 55.2 Å². The van der Waals surface area contributed by atoms with Crippen molar-refractivity contribution in [3.8, 4) is 5.69 Å². The summed E-state index contributed by atoms with van der Waals surface area (Å²) < 4.78 is 2.57. The van der Waals surface area contributed by atoms with Crippen molar-refractivity contribution in [3.05, 3.63) is 97.6 Å². The van der Waals surface area contributed by atoms with E-state index in [-0.39, 0.29) is 11.5 Å². The number of hydrogen-bond donors (Lipinski definition) is 0. The van der Waals surface area contributed by atoms with Crippen LogP contribution in [0.15, 0.2) is 71.5 Å². The minimum Gasteiger partial charge on any atom is -0.311 e. The normalized spacial score (nSPS) is 14.5. The fourth-order valence-corrected chi connectivity index (χ4v) is 4.48. The molecule has 0 N–H and O–H groups in total. The zero-order chi connectivity index (χ0) is 21.7. The second-order valence-corrected chi connectivity index (χ2v) is 8.74. The van der Waals surface area contributed by atoms with Crippen LogP contribution >= 0.6 is 22.6 Å². The monoisotopic (exact) mass is 519 g/mol. The minimum absolute atomic E-state index is 0.116. The fourth-order valence-electron chi connectivity index (χ4n) is 3.99. The molecule has 0 atom stereocenters. The van der Waals surface area contributed by atoms with Crippen LogP contribution in [0.5, 0.6) is 0 Å². The summed E-state index contributed by atoms with van der Waals surface area (Å²) in [7, 11) is 1.76. The van der Waals surface area contributed by atoms with Gasteiger partial charge in [-0.2, -0.15) is 0 Å². The van der Waals surface area contributed by atoms with Crippen LogP contribution in [0.3, 0.4) is 0 Å². The summed E-state index contributed by atoms with van der Waals surface area (Å²) in [4.78, 5) is 33.1. The second kappa shape index (κ2) is 7.46. The smallest absolute Gasteiger partial charge is 0.266 e. The van der Waals surface area contributed by atoms with E-state index < -0.39 is 0 Å². The quantitative estimate of drug-likeness (QED) is 0.282. The molecule has 0 aliphatic carbocycles. The standard InChI is InChI=1S/C25H18IN3O2/c1-15-7-3-5-9-21(15)29-23(27-20-12-11-16(26)13-19(20)25(29)31)14-18-17-8-4-6-10-22(17)28(2)24(18)30/h3-14H,1-2H3/b18-14+. The molecule has 0 bridgehead atoms. The third-order valence-corrected chi connectivity index (χ3v) is 6.25. The van der Waals surface area contributed by atoms with E-state index in [2.05, 4.69) is 22.6 Å². The molecule has 5 nitrogen and oxygen atoms in total. The van der Waals surface area contributed by atoms with Crippen molar-refractivity contribution in [2.75, 3.05) is 11.9 Å². The molecule has 1 aliphatic heterocycles. The summed E-state index contributed by atoms with van der Waals surface area (Å²) in [6.07, 6.45) is 1.73. The Bertz CT molecular complexity index is 1470. The average Bonchev–Trinajstić information content (AvgIpc) is 3.01. The highest BCUT2D eigenvalue weighted by atomic mass is 127. The van der Waals surface area contributed by atoms with Crippen LogP contribution in [0.1, 0.15) is 17.0 Å². The van der Waals surface area contributed by atoms with Gasteiger partial charge in [0.05, 0.1) is 27.9 Å². The lowest BCUT2D eigenvalue weighted by Gasteiger charge is -2.14. The van der Waals surface area contributed by atoms with Crippen LogP contribution in [-0.4, -0.2) is 22.5 Å². The van der Waals surface area contributed by atoms with E-state index in [1.54, 1.807) is 22.6 Å². The maximum absolute atomic E-state index is 13.6. The van der Waals surface area contributed by atoms with Crippen molar-refractivity contribution in [1.82, 2.24) is 9.55 Å². The number of fused-ring (bicyclic) bond motifs is 2. The van der Waals surface area contributed by atoms with E-state index in [9.17, 15) is 9.59 Å². The van der Waals surface area contributed by atoms with Crippen molar-refractivity contribution >= 4 is 56.7 Å². The first kappa shape index (κ1) is 19.7. The lowest BCUT2D eigenvalue weighted by Crippen LogP contribution is -2.24. The molecule has 5 rings (SSSR count). The number of hydrogen-bond acceptors (Lipinski definition) is 3. The first-order valence-electron chi connectivity index (χ1n) is 9.83.